The highest BCUT2D eigenvalue weighted by atomic mass is 32.1. The van der Waals surface area contributed by atoms with Gasteiger partial charge in [-0.05, 0) is 19.4 Å². The van der Waals surface area contributed by atoms with Gasteiger partial charge in [0, 0.05) is 10.4 Å². The minimum Gasteiger partial charge on any atom is -0.296 e. The molecule has 1 aromatic heterocycles. The zero-order valence-electron chi connectivity index (χ0n) is 8.65. The molecule has 0 unspecified atom stereocenters. The van der Waals surface area contributed by atoms with Gasteiger partial charge in [-0.25, -0.2) is 4.98 Å². The highest BCUT2D eigenvalue weighted by Gasteiger charge is 2.09. The van der Waals surface area contributed by atoms with Crippen molar-refractivity contribution in [2.45, 2.75) is 13.8 Å². The van der Waals surface area contributed by atoms with Crippen LogP contribution in [0.3, 0.4) is 0 Å². The molecule has 2 rings (SSSR count). The molecule has 1 aromatic carbocycles. The summed E-state index contributed by atoms with van der Waals surface area (Å²) in [5, 5.41) is 0.924. The van der Waals surface area contributed by atoms with Gasteiger partial charge in [-0.1, -0.05) is 24.3 Å². The van der Waals surface area contributed by atoms with E-state index in [2.05, 4.69) is 4.98 Å². The summed E-state index contributed by atoms with van der Waals surface area (Å²) in [4.78, 5) is 16.0. The fourth-order valence-electron chi connectivity index (χ4n) is 1.45. The van der Waals surface area contributed by atoms with E-state index < -0.39 is 0 Å². The second-order valence-electron chi connectivity index (χ2n) is 3.39. The number of carbonyl (C=O) groups is 1. The smallest absolute Gasteiger partial charge is 0.169 e. The van der Waals surface area contributed by atoms with Crippen LogP contribution in [-0.4, -0.2) is 11.3 Å². The molecule has 0 saturated heterocycles. The summed E-state index contributed by atoms with van der Waals surface area (Å²) in [5.41, 5.74) is 2.85. The first kappa shape index (κ1) is 10.1. The third-order valence-electron chi connectivity index (χ3n) is 2.32. The van der Waals surface area contributed by atoms with Crippen molar-refractivity contribution in [3.63, 3.8) is 0 Å². The van der Waals surface area contributed by atoms with Crippen molar-refractivity contribution in [1.29, 1.82) is 0 Å². The summed E-state index contributed by atoms with van der Waals surface area (Å²) in [6.45, 7) is 3.97. The quantitative estimate of drug-likeness (QED) is 0.723. The third kappa shape index (κ3) is 1.83. The van der Waals surface area contributed by atoms with Gasteiger partial charge in [-0.15, -0.1) is 11.3 Å². The first-order valence-corrected chi connectivity index (χ1v) is 5.52. The molecule has 0 N–H and O–H groups in total. The lowest BCUT2D eigenvalue weighted by Crippen LogP contribution is -1.84. The molecule has 0 radical (unpaired) electrons. The molecular formula is C12H11NOS. The van der Waals surface area contributed by atoms with Crippen LogP contribution in [0.1, 0.15) is 20.9 Å². The first-order chi connectivity index (χ1) is 7.22. The Morgan fingerprint density at radius 2 is 2.00 bits per heavy atom. The van der Waals surface area contributed by atoms with Crippen LogP contribution in [0.5, 0.6) is 0 Å². The van der Waals surface area contributed by atoms with Crippen molar-refractivity contribution in [1.82, 2.24) is 4.98 Å². The van der Waals surface area contributed by atoms with Crippen molar-refractivity contribution in [3.05, 3.63) is 40.4 Å². The minimum atomic E-state index is 0.554. The Labute approximate surface area is 92.6 Å². The lowest BCUT2D eigenvalue weighted by molar-refractivity contribution is 0.111. The van der Waals surface area contributed by atoms with Crippen molar-refractivity contribution < 1.29 is 4.79 Å². The van der Waals surface area contributed by atoms with Crippen LogP contribution >= 0.6 is 11.3 Å². The average molecular weight is 217 g/mol. The highest BCUT2D eigenvalue weighted by molar-refractivity contribution is 7.15. The van der Waals surface area contributed by atoms with E-state index in [1.807, 2.05) is 38.1 Å². The molecule has 1 heterocycles. The number of aromatic nitrogens is 1. The predicted octanol–water partition coefficient (Wildman–Crippen LogP) is 3.24. The van der Waals surface area contributed by atoms with Crippen LogP contribution in [0.4, 0.5) is 0 Å². The van der Waals surface area contributed by atoms with E-state index in [1.54, 1.807) is 11.3 Å². The fraction of sp³-hybridized carbons (Fsp3) is 0.167. The average Bonchev–Trinajstić information content (AvgIpc) is 2.60. The van der Waals surface area contributed by atoms with Crippen molar-refractivity contribution in [3.8, 4) is 10.6 Å². The normalized spacial score (nSPS) is 10.3. The molecule has 0 aliphatic rings. The molecule has 15 heavy (non-hydrogen) atoms. The van der Waals surface area contributed by atoms with Gasteiger partial charge >= 0.3 is 0 Å². The topological polar surface area (TPSA) is 30.0 Å². The first-order valence-electron chi connectivity index (χ1n) is 4.71. The van der Waals surface area contributed by atoms with Gasteiger partial charge in [0.2, 0.25) is 0 Å². The third-order valence-corrected chi connectivity index (χ3v) is 3.34. The summed E-state index contributed by atoms with van der Waals surface area (Å²) in [7, 11) is 0. The zero-order chi connectivity index (χ0) is 10.8. The molecule has 0 amide bonds. The monoisotopic (exact) mass is 217 g/mol. The number of hydrogen-bond acceptors (Lipinski definition) is 3. The summed E-state index contributed by atoms with van der Waals surface area (Å²) in [6.07, 6.45) is 0.813. The van der Waals surface area contributed by atoms with E-state index in [4.69, 9.17) is 0 Å². The number of nitrogens with zero attached hydrogens (tertiary/aromatic N) is 1. The number of carbonyl (C=O) groups excluding carboxylic acids is 1. The van der Waals surface area contributed by atoms with E-state index in [9.17, 15) is 4.79 Å². The lowest BCUT2D eigenvalue weighted by Gasteiger charge is -1.99. The molecule has 2 aromatic rings. The summed E-state index contributed by atoms with van der Waals surface area (Å²) in [6, 6.07) is 8.06. The second-order valence-corrected chi connectivity index (χ2v) is 4.60. The van der Waals surface area contributed by atoms with Gasteiger partial charge in [0.25, 0.3) is 0 Å². The Bertz CT molecular complexity index is 502. The number of thiazole rings is 1. The van der Waals surface area contributed by atoms with Gasteiger partial charge in [-0.2, -0.15) is 0 Å². The molecule has 0 aliphatic heterocycles. The van der Waals surface area contributed by atoms with E-state index in [-0.39, 0.29) is 0 Å². The van der Waals surface area contributed by atoms with Crippen LogP contribution in [0, 0.1) is 13.8 Å². The molecular weight excluding hydrogens is 206 g/mol. The fourth-order valence-corrected chi connectivity index (χ4v) is 2.42. The zero-order valence-corrected chi connectivity index (χ0v) is 9.47. The molecule has 2 nitrogen and oxygen atoms in total. The molecule has 76 valence electrons. The van der Waals surface area contributed by atoms with Crippen LogP contribution < -0.4 is 0 Å². The van der Waals surface area contributed by atoms with E-state index in [1.165, 1.54) is 5.56 Å². The number of hydrogen-bond donors (Lipinski definition) is 0. The van der Waals surface area contributed by atoms with Crippen LogP contribution in [0.25, 0.3) is 10.6 Å². The van der Waals surface area contributed by atoms with Crippen LogP contribution in [-0.2, 0) is 0 Å². The SMILES string of the molecule is Cc1ccccc1-c1nc(C=O)c(C)s1. The number of aldehydes is 1. The second kappa shape index (κ2) is 3.95. The molecule has 0 spiro atoms. The minimum absolute atomic E-state index is 0.554. The molecule has 0 fully saturated rings. The van der Waals surface area contributed by atoms with Crippen molar-refractivity contribution >= 4 is 17.6 Å². The molecule has 0 bridgehead atoms. The maximum atomic E-state index is 10.7. The Hall–Kier alpha value is -1.48. The number of aryl methyl sites for hydroxylation is 2. The highest BCUT2D eigenvalue weighted by Crippen LogP contribution is 2.28. The van der Waals surface area contributed by atoms with E-state index >= 15 is 0 Å². The van der Waals surface area contributed by atoms with Crippen LogP contribution in [0.15, 0.2) is 24.3 Å². The van der Waals surface area contributed by atoms with Gasteiger partial charge in [-0.3, -0.25) is 4.79 Å². The molecule has 3 heteroatoms. The summed E-state index contributed by atoms with van der Waals surface area (Å²) < 4.78 is 0. The predicted molar refractivity (Wildman–Crippen MR) is 62.4 cm³/mol. The molecule has 0 atom stereocenters. The Morgan fingerprint density at radius 3 is 2.60 bits per heavy atom. The van der Waals surface area contributed by atoms with Crippen LogP contribution in [0.2, 0.25) is 0 Å². The lowest BCUT2D eigenvalue weighted by atomic mass is 10.1. The molecule has 0 aliphatic carbocycles. The van der Waals surface area contributed by atoms with Gasteiger partial charge in [0.05, 0.1) is 0 Å². The Morgan fingerprint density at radius 1 is 1.27 bits per heavy atom. The van der Waals surface area contributed by atoms with E-state index in [0.717, 1.165) is 21.7 Å². The Balaban J connectivity index is 2.55. The van der Waals surface area contributed by atoms with E-state index in [0.29, 0.717) is 5.69 Å². The maximum Gasteiger partial charge on any atom is 0.169 e. The summed E-state index contributed by atoms with van der Waals surface area (Å²) >= 11 is 1.56. The van der Waals surface area contributed by atoms with Gasteiger partial charge in [0.1, 0.15) is 10.7 Å². The molecule has 0 saturated carbocycles. The van der Waals surface area contributed by atoms with Gasteiger partial charge < -0.3 is 0 Å². The number of rotatable bonds is 2. The van der Waals surface area contributed by atoms with Crippen molar-refractivity contribution in [2.24, 2.45) is 0 Å². The largest absolute Gasteiger partial charge is 0.296 e. The maximum absolute atomic E-state index is 10.7. The van der Waals surface area contributed by atoms with Crippen molar-refractivity contribution in [2.75, 3.05) is 0 Å². The number of benzene rings is 1. The van der Waals surface area contributed by atoms with Gasteiger partial charge in [0.15, 0.2) is 6.29 Å². The standard InChI is InChI=1S/C12H11NOS/c1-8-5-3-4-6-10(8)12-13-11(7-14)9(2)15-12/h3-7H,1-2H3. The Kier molecular flexibility index (Phi) is 2.64. The summed E-state index contributed by atoms with van der Waals surface area (Å²) in [5.74, 6) is 0.